The molecule has 0 spiro atoms. The minimum absolute atomic E-state index is 0.265. The first-order valence-electron chi connectivity index (χ1n) is 6.40. The van der Waals surface area contributed by atoms with Crippen LogP contribution in [-0.2, 0) is 0 Å². The van der Waals surface area contributed by atoms with Crippen LogP contribution in [0.5, 0.6) is 0 Å². The van der Waals surface area contributed by atoms with Gasteiger partial charge in [0.25, 0.3) is 0 Å². The topological polar surface area (TPSA) is 63.8 Å². The predicted octanol–water partition coefficient (Wildman–Crippen LogP) is 2.02. The first kappa shape index (κ1) is 12.3. The third kappa shape index (κ3) is 2.94. The molecular formula is C13H22N4. The highest BCUT2D eigenvalue weighted by molar-refractivity contribution is 5.28. The summed E-state index contributed by atoms with van der Waals surface area (Å²) in [6.07, 6.45) is 5.04. The maximum atomic E-state index is 5.91. The Balaban J connectivity index is 2.01. The first-order chi connectivity index (χ1) is 8.13. The molecule has 4 nitrogen and oxygen atoms in total. The van der Waals surface area contributed by atoms with Crippen LogP contribution in [0.4, 0.5) is 5.95 Å². The van der Waals surface area contributed by atoms with E-state index in [1.54, 1.807) is 0 Å². The van der Waals surface area contributed by atoms with E-state index in [1.807, 2.05) is 19.9 Å². The fraction of sp³-hybridized carbons (Fsp3) is 0.692. The van der Waals surface area contributed by atoms with E-state index < -0.39 is 0 Å². The summed E-state index contributed by atoms with van der Waals surface area (Å²) in [5, 5.41) is 3.36. The van der Waals surface area contributed by atoms with E-state index in [0.29, 0.717) is 0 Å². The van der Waals surface area contributed by atoms with Crippen LogP contribution in [0.25, 0.3) is 0 Å². The predicted molar refractivity (Wildman–Crippen MR) is 70.0 cm³/mol. The van der Waals surface area contributed by atoms with Gasteiger partial charge in [0.15, 0.2) is 0 Å². The molecule has 1 heterocycles. The van der Waals surface area contributed by atoms with Crippen LogP contribution in [0.15, 0.2) is 6.07 Å². The number of anilines is 1. The maximum absolute atomic E-state index is 5.91. The van der Waals surface area contributed by atoms with Gasteiger partial charge in [0.05, 0.1) is 0 Å². The van der Waals surface area contributed by atoms with Crippen molar-refractivity contribution in [2.45, 2.75) is 39.5 Å². The van der Waals surface area contributed by atoms with E-state index in [4.69, 9.17) is 5.73 Å². The number of hydrogen-bond acceptors (Lipinski definition) is 4. The number of nitrogens with two attached hydrogens (primary N) is 1. The highest BCUT2D eigenvalue weighted by Gasteiger charge is 2.32. The van der Waals surface area contributed by atoms with Gasteiger partial charge in [0.2, 0.25) is 5.95 Å². The minimum Gasteiger partial charge on any atom is -0.354 e. The molecule has 3 N–H and O–H groups in total. The molecule has 1 aromatic rings. The van der Waals surface area contributed by atoms with Crippen molar-refractivity contribution in [2.24, 2.45) is 11.1 Å². The summed E-state index contributed by atoms with van der Waals surface area (Å²) in [6.45, 7) is 5.64. The lowest BCUT2D eigenvalue weighted by Gasteiger charge is -2.27. The second-order valence-corrected chi connectivity index (χ2v) is 5.24. The van der Waals surface area contributed by atoms with E-state index in [0.717, 1.165) is 30.4 Å². The molecule has 2 rings (SSSR count). The average Bonchev–Trinajstić information content (AvgIpc) is 2.74. The van der Waals surface area contributed by atoms with Crippen molar-refractivity contribution >= 4 is 5.95 Å². The third-order valence-electron chi connectivity index (χ3n) is 3.70. The van der Waals surface area contributed by atoms with Gasteiger partial charge in [-0.15, -0.1) is 0 Å². The van der Waals surface area contributed by atoms with E-state index in [9.17, 15) is 0 Å². The molecule has 4 heteroatoms. The Morgan fingerprint density at radius 1 is 1.24 bits per heavy atom. The molecule has 1 aliphatic rings. The summed E-state index contributed by atoms with van der Waals surface area (Å²) in [4.78, 5) is 8.79. The van der Waals surface area contributed by atoms with Gasteiger partial charge in [-0.25, -0.2) is 9.97 Å². The van der Waals surface area contributed by atoms with Crippen LogP contribution in [0.2, 0.25) is 0 Å². The van der Waals surface area contributed by atoms with Crippen molar-refractivity contribution in [1.29, 1.82) is 0 Å². The third-order valence-corrected chi connectivity index (χ3v) is 3.70. The van der Waals surface area contributed by atoms with Crippen LogP contribution in [-0.4, -0.2) is 23.1 Å². The smallest absolute Gasteiger partial charge is 0.223 e. The lowest BCUT2D eigenvalue weighted by atomic mass is 9.86. The second-order valence-electron chi connectivity index (χ2n) is 5.24. The standard InChI is InChI=1S/C13H22N4/c1-10-7-11(2)17-12(16-10)15-9-13(8-14)5-3-4-6-13/h7H,3-6,8-9,14H2,1-2H3,(H,15,16,17). The number of nitrogens with zero attached hydrogens (tertiary/aromatic N) is 2. The molecule has 1 aromatic heterocycles. The van der Waals surface area contributed by atoms with Crippen LogP contribution in [0, 0.1) is 19.3 Å². The van der Waals surface area contributed by atoms with E-state index in [2.05, 4.69) is 15.3 Å². The van der Waals surface area contributed by atoms with Gasteiger partial charge < -0.3 is 11.1 Å². The molecule has 17 heavy (non-hydrogen) atoms. The van der Waals surface area contributed by atoms with Crippen molar-refractivity contribution in [2.75, 3.05) is 18.4 Å². The average molecular weight is 234 g/mol. The lowest BCUT2D eigenvalue weighted by molar-refractivity contribution is 0.331. The van der Waals surface area contributed by atoms with Gasteiger partial charge in [-0.2, -0.15) is 0 Å². The highest BCUT2D eigenvalue weighted by atomic mass is 15.1. The maximum Gasteiger partial charge on any atom is 0.223 e. The lowest BCUT2D eigenvalue weighted by Crippen LogP contribution is -2.35. The highest BCUT2D eigenvalue weighted by Crippen LogP contribution is 2.36. The Bertz CT molecular complexity index is 363. The van der Waals surface area contributed by atoms with Gasteiger partial charge >= 0.3 is 0 Å². The van der Waals surface area contributed by atoms with E-state index in [1.165, 1.54) is 25.7 Å². The zero-order chi connectivity index (χ0) is 12.3. The fourth-order valence-corrected chi connectivity index (χ4v) is 2.65. The van der Waals surface area contributed by atoms with Crippen LogP contribution in [0.3, 0.4) is 0 Å². The molecule has 1 aliphatic carbocycles. The van der Waals surface area contributed by atoms with Gasteiger partial charge in [0, 0.05) is 17.9 Å². The van der Waals surface area contributed by atoms with Crippen LogP contribution >= 0.6 is 0 Å². The van der Waals surface area contributed by atoms with Gasteiger partial charge in [-0.05, 0) is 44.7 Å². The SMILES string of the molecule is Cc1cc(C)nc(NCC2(CN)CCCC2)n1. The Morgan fingerprint density at radius 3 is 2.35 bits per heavy atom. The summed E-state index contributed by atoms with van der Waals surface area (Å²) in [7, 11) is 0. The van der Waals surface area contributed by atoms with Crippen molar-refractivity contribution in [3.63, 3.8) is 0 Å². The largest absolute Gasteiger partial charge is 0.354 e. The summed E-state index contributed by atoms with van der Waals surface area (Å²) in [6, 6.07) is 1.99. The minimum atomic E-state index is 0.265. The van der Waals surface area contributed by atoms with Crippen molar-refractivity contribution in [3.8, 4) is 0 Å². The molecule has 0 aliphatic heterocycles. The van der Waals surface area contributed by atoms with Crippen molar-refractivity contribution < 1.29 is 0 Å². The summed E-state index contributed by atoms with van der Waals surface area (Å²) in [5.74, 6) is 0.738. The molecule has 1 saturated carbocycles. The fourth-order valence-electron chi connectivity index (χ4n) is 2.65. The zero-order valence-corrected chi connectivity index (χ0v) is 10.8. The molecule has 0 amide bonds. The monoisotopic (exact) mass is 234 g/mol. The Hall–Kier alpha value is -1.16. The number of hydrogen-bond donors (Lipinski definition) is 2. The number of aryl methyl sites for hydroxylation is 2. The summed E-state index contributed by atoms with van der Waals surface area (Å²) in [5.41, 5.74) is 8.19. The normalized spacial score (nSPS) is 18.3. The summed E-state index contributed by atoms with van der Waals surface area (Å²) < 4.78 is 0. The Labute approximate surface area is 103 Å². The van der Waals surface area contributed by atoms with Crippen LogP contribution < -0.4 is 11.1 Å². The molecule has 94 valence electrons. The molecule has 0 unspecified atom stereocenters. The second kappa shape index (κ2) is 5.00. The molecule has 0 atom stereocenters. The summed E-state index contributed by atoms with van der Waals surface area (Å²) >= 11 is 0. The van der Waals surface area contributed by atoms with Gasteiger partial charge in [-0.1, -0.05) is 12.8 Å². The van der Waals surface area contributed by atoms with Crippen molar-refractivity contribution in [1.82, 2.24) is 9.97 Å². The molecule has 0 bridgehead atoms. The van der Waals surface area contributed by atoms with Crippen molar-refractivity contribution in [3.05, 3.63) is 17.5 Å². The molecule has 0 saturated heterocycles. The number of nitrogens with one attached hydrogen (secondary N) is 1. The van der Waals surface area contributed by atoms with Crippen LogP contribution in [0.1, 0.15) is 37.1 Å². The zero-order valence-electron chi connectivity index (χ0n) is 10.8. The molecule has 0 radical (unpaired) electrons. The Kier molecular flexibility index (Phi) is 3.62. The van der Waals surface area contributed by atoms with E-state index >= 15 is 0 Å². The molecule has 0 aromatic carbocycles. The number of rotatable bonds is 4. The quantitative estimate of drug-likeness (QED) is 0.836. The number of aromatic nitrogens is 2. The van der Waals surface area contributed by atoms with E-state index in [-0.39, 0.29) is 5.41 Å². The van der Waals surface area contributed by atoms with Gasteiger partial charge in [0.1, 0.15) is 0 Å². The first-order valence-corrected chi connectivity index (χ1v) is 6.40. The van der Waals surface area contributed by atoms with Gasteiger partial charge in [-0.3, -0.25) is 0 Å². The Morgan fingerprint density at radius 2 is 1.82 bits per heavy atom. The molecular weight excluding hydrogens is 212 g/mol. The molecule has 1 fully saturated rings.